The zero-order valence-electron chi connectivity index (χ0n) is 32.1. The molecule has 0 saturated carbocycles. The average molecular weight is 805 g/mol. The van der Waals surface area contributed by atoms with E-state index in [0.717, 1.165) is 5.56 Å². The molecule has 0 saturated heterocycles. The number of benzene rings is 2. The van der Waals surface area contributed by atoms with Crippen LogP contribution in [0, 0.1) is 6.92 Å². The van der Waals surface area contributed by atoms with Gasteiger partial charge in [-0.2, -0.15) is 8.42 Å². The molecule has 0 unspecified atom stereocenters. The van der Waals surface area contributed by atoms with Crippen LogP contribution < -0.4 is 0 Å². The van der Waals surface area contributed by atoms with Gasteiger partial charge in [0.1, 0.15) is 6.61 Å². The average Bonchev–Trinajstić information content (AvgIpc) is 3.19. The Labute approximate surface area is 325 Å². The Morgan fingerprint density at radius 2 is 0.691 bits per heavy atom. The number of ether oxygens (including phenoxy) is 12. The monoisotopic (exact) mass is 804 g/mol. The molecule has 0 spiro atoms. The lowest BCUT2D eigenvalue weighted by atomic mass is 10.2. The van der Waals surface area contributed by atoms with Gasteiger partial charge < -0.3 is 56.8 Å². The van der Waals surface area contributed by atoms with E-state index in [2.05, 4.69) is 0 Å². The molecule has 0 N–H and O–H groups in total. The first kappa shape index (κ1) is 48.5. The van der Waals surface area contributed by atoms with E-state index >= 15 is 0 Å². The highest BCUT2D eigenvalue weighted by Gasteiger charge is 2.14. The van der Waals surface area contributed by atoms with Crippen LogP contribution in [0.4, 0.5) is 0 Å². The molecule has 17 heteroatoms. The molecule has 0 aliphatic heterocycles. The van der Waals surface area contributed by atoms with Gasteiger partial charge in [-0.15, -0.1) is 0 Å². The number of esters is 1. The standard InChI is InChI=1S/C38H60O16S/c1-35-7-9-37(10-8-35)55(40,41)54-34-32-52-30-28-50-26-24-48-22-20-46-18-16-44-14-12-42-11-13-43-15-17-45-19-21-47-23-25-49-27-29-51-31-33-53-38(39)36-5-3-2-4-6-36/h2-10H,11-34H2,1H3. The largest absolute Gasteiger partial charge is 0.460 e. The molecule has 0 atom stereocenters. The Morgan fingerprint density at radius 1 is 0.400 bits per heavy atom. The fraction of sp³-hybridized carbons (Fsp3) is 0.658. The topological polar surface area (TPSA) is 171 Å². The summed E-state index contributed by atoms with van der Waals surface area (Å²) in [6, 6.07) is 15.3. The molecule has 0 bridgehead atoms. The third-order valence-corrected chi connectivity index (χ3v) is 8.29. The maximum atomic E-state index is 12.1. The highest BCUT2D eigenvalue weighted by atomic mass is 32.2. The lowest BCUT2D eigenvalue weighted by Gasteiger charge is -2.09. The van der Waals surface area contributed by atoms with E-state index in [1.54, 1.807) is 36.4 Å². The summed E-state index contributed by atoms with van der Waals surface area (Å²) >= 11 is 0. The van der Waals surface area contributed by atoms with E-state index in [-0.39, 0.29) is 30.7 Å². The molecule has 314 valence electrons. The van der Waals surface area contributed by atoms with E-state index in [0.29, 0.717) is 144 Å². The first-order valence-electron chi connectivity index (χ1n) is 18.5. The zero-order valence-corrected chi connectivity index (χ0v) is 32.9. The van der Waals surface area contributed by atoms with Crippen LogP contribution in [0.3, 0.4) is 0 Å². The Kier molecular flexibility index (Phi) is 30.5. The number of hydrogen-bond acceptors (Lipinski definition) is 16. The predicted molar refractivity (Wildman–Crippen MR) is 200 cm³/mol. The third kappa shape index (κ3) is 28.4. The van der Waals surface area contributed by atoms with E-state index in [9.17, 15) is 13.2 Å². The maximum absolute atomic E-state index is 12.1. The van der Waals surface area contributed by atoms with Crippen molar-refractivity contribution in [3.63, 3.8) is 0 Å². The normalized spacial score (nSPS) is 11.7. The van der Waals surface area contributed by atoms with Crippen molar-refractivity contribution in [1.29, 1.82) is 0 Å². The quantitative estimate of drug-likeness (QED) is 0.0549. The van der Waals surface area contributed by atoms with Crippen molar-refractivity contribution in [2.75, 3.05) is 159 Å². The number of aryl methyl sites for hydroxylation is 1. The van der Waals surface area contributed by atoms with Gasteiger partial charge in [-0.3, -0.25) is 4.18 Å². The van der Waals surface area contributed by atoms with Crippen LogP contribution in [0.2, 0.25) is 0 Å². The molecule has 16 nitrogen and oxygen atoms in total. The van der Waals surface area contributed by atoms with Crippen LogP contribution in [-0.4, -0.2) is 173 Å². The first-order chi connectivity index (χ1) is 27.0. The lowest BCUT2D eigenvalue weighted by Crippen LogP contribution is -2.16. The van der Waals surface area contributed by atoms with Crippen LogP contribution >= 0.6 is 0 Å². The Morgan fingerprint density at radius 3 is 1.02 bits per heavy atom. The van der Waals surface area contributed by atoms with E-state index in [1.165, 1.54) is 12.1 Å². The van der Waals surface area contributed by atoms with Gasteiger partial charge in [-0.05, 0) is 31.2 Å². The van der Waals surface area contributed by atoms with Gasteiger partial charge in [0.2, 0.25) is 0 Å². The fourth-order valence-electron chi connectivity index (χ4n) is 4.13. The summed E-state index contributed by atoms with van der Waals surface area (Å²) in [7, 11) is -3.78. The Balaban J connectivity index is 1.16. The van der Waals surface area contributed by atoms with Crippen molar-refractivity contribution in [3.8, 4) is 0 Å². The molecule has 2 rings (SSSR count). The summed E-state index contributed by atoms with van der Waals surface area (Å²) in [6.45, 7) is 11.3. The number of carbonyl (C=O) groups excluding carboxylic acids is 1. The van der Waals surface area contributed by atoms with Gasteiger partial charge in [0.15, 0.2) is 0 Å². The van der Waals surface area contributed by atoms with Crippen LogP contribution in [-0.2, 0) is 71.1 Å². The summed E-state index contributed by atoms with van der Waals surface area (Å²) in [5, 5.41) is 0. The molecule has 0 fully saturated rings. The number of hydrogen-bond donors (Lipinski definition) is 0. The van der Waals surface area contributed by atoms with Crippen molar-refractivity contribution in [3.05, 3.63) is 65.7 Å². The molecular formula is C38H60O16S. The smallest absolute Gasteiger partial charge is 0.338 e. The molecular weight excluding hydrogens is 744 g/mol. The summed E-state index contributed by atoms with van der Waals surface area (Å²) in [5.41, 5.74) is 1.49. The second-order valence-corrected chi connectivity index (χ2v) is 12.9. The summed E-state index contributed by atoms with van der Waals surface area (Å²) in [5.74, 6) is -0.364. The van der Waals surface area contributed by atoms with Crippen molar-refractivity contribution in [2.45, 2.75) is 11.8 Å². The first-order valence-corrected chi connectivity index (χ1v) is 19.9. The van der Waals surface area contributed by atoms with Crippen LogP contribution in [0.15, 0.2) is 59.5 Å². The van der Waals surface area contributed by atoms with Crippen molar-refractivity contribution in [2.24, 2.45) is 0 Å². The number of rotatable bonds is 39. The SMILES string of the molecule is Cc1ccc(S(=O)(=O)OCCOCCOCCOCCOCCOCCOCCOCCOCCOCCOCCOCCOC(=O)c2ccccc2)cc1. The molecule has 0 aliphatic rings. The molecule has 0 amide bonds. The maximum Gasteiger partial charge on any atom is 0.338 e. The van der Waals surface area contributed by atoms with Gasteiger partial charge in [-0.25, -0.2) is 4.79 Å². The van der Waals surface area contributed by atoms with Crippen LogP contribution in [0.5, 0.6) is 0 Å². The fourth-order valence-corrected chi connectivity index (χ4v) is 5.02. The summed E-state index contributed by atoms with van der Waals surface area (Å²) < 4.78 is 94.2. The Bertz CT molecular complexity index is 1270. The minimum absolute atomic E-state index is 0.0655. The van der Waals surface area contributed by atoms with Crippen molar-refractivity contribution < 1.29 is 74.2 Å². The molecule has 0 aromatic heterocycles. The second-order valence-electron chi connectivity index (χ2n) is 11.3. The number of carbonyl (C=O) groups is 1. The minimum atomic E-state index is -3.78. The van der Waals surface area contributed by atoms with Gasteiger partial charge in [0, 0.05) is 0 Å². The lowest BCUT2D eigenvalue weighted by molar-refractivity contribution is -0.0282. The predicted octanol–water partition coefficient (Wildman–Crippen LogP) is 2.74. The second kappa shape index (κ2) is 34.6. The molecule has 0 aliphatic carbocycles. The van der Waals surface area contributed by atoms with Crippen molar-refractivity contribution in [1.82, 2.24) is 0 Å². The zero-order chi connectivity index (χ0) is 39.3. The molecule has 0 heterocycles. The highest BCUT2D eigenvalue weighted by molar-refractivity contribution is 7.86. The van der Waals surface area contributed by atoms with E-state index in [4.69, 9.17) is 61.0 Å². The third-order valence-electron chi connectivity index (χ3n) is 6.97. The van der Waals surface area contributed by atoms with Gasteiger partial charge >= 0.3 is 5.97 Å². The molecule has 0 radical (unpaired) electrons. The molecule has 55 heavy (non-hydrogen) atoms. The molecule has 2 aromatic rings. The summed E-state index contributed by atoms with van der Waals surface area (Å²) in [4.78, 5) is 11.9. The highest BCUT2D eigenvalue weighted by Crippen LogP contribution is 2.13. The summed E-state index contributed by atoms with van der Waals surface area (Å²) in [6.07, 6.45) is 0. The van der Waals surface area contributed by atoms with E-state index < -0.39 is 10.1 Å². The molecule has 2 aromatic carbocycles. The minimum Gasteiger partial charge on any atom is -0.460 e. The van der Waals surface area contributed by atoms with Gasteiger partial charge in [0.25, 0.3) is 10.1 Å². The van der Waals surface area contributed by atoms with Crippen molar-refractivity contribution >= 4 is 16.1 Å². The van der Waals surface area contributed by atoms with Crippen LogP contribution in [0.25, 0.3) is 0 Å². The van der Waals surface area contributed by atoms with Crippen LogP contribution in [0.1, 0.15) is 15.9 Å². The van der Waals surface area contributed by atoms with Gasteiger partial charge in [0.05, 0.1) is 162 Å². The Hall–Kier alpha value is -2.62. The van der Waals surface area contributed by atoms with E-state index in [1.807, 2.05) is 13.0 Å². The van der Waals surface area contributed by atoms with Gasteiger partial charge in [-0.1, -0.05) is 35.9 Å².